The lowest BCUT2D eigenvalue weighted by atomic mass is 10.0. The molecule has 5 heteroatoms. The number of nitrogens with one attached hydrogen (secondary N) is 1. The smallest absolute Gasteiger partial charge is 0.217 e. The summed E-state index contributed by atoms with van der Waals surface area (Å²) in [7, 11) is 3.19. The number of methoxy groups -OCH3 is 2. The van der Waals surface area contributed by atoms with Gasteiger partial charge in [0.25, 0.3) is 0 Å². The summed E-state index contributed by atoms with van der Waals surface area (Å²) in [4.78, 5) is 11.3. The van der Waals surface area contributed by atoms with Crippen molar-refractivity contribution in [3.8, 4) is 11.5 Å². The van der Waals surface area contributed by atoms with Gasteiger partial charge in [-0.15, -0.1) is 0 Å². The third-order valence-corrected chi connectivity index (χ3v) is 2.88. The molecule has 0 fully saturated rings. The zero-order valence-corrected chi connectivity index (χ0v) is 11.7. The topological polar surface area (TPSA) is 73.6 Å². The minimum atomic E-state index is -0.0585. The Labute approximate surface area is 114 Å². The molecule has 106 valence electrons. The number of carbonyl (C=O) groups is 1. The predicted octanol–water partition coefficient (Wildman–Crippen LogP) is 1.62. The number of rotatable bonds is 7. The van der Waals surface area contributed by atoms with E-state index in [2.05, 4.69) is 5.32 Å². The van der Waals surface area contributed by atoms with Gasteiger partial charge in [0.2, 0.25) is 5.91 Å². The molecule has 1 atom stereocenters. The molecule has 0 heterocycles. The van der Waals surface area contributed by atoms with Crippen LogP contribution in [0, 0.1) is 0 Å². The van der Waals surface area contributed by atoms with Crippen LogP contribution in [0.5, 0.6) is 11.5 Å². The summed E-state index contributed by atoms with van der Waals surface area (Å²) < 4.78 is 10.5. The first-order chi connectivity index (χ1) is 9.12. The fraction of sp³-hybridized carbons (Fsp3) is 0.500. The first-order valence-electron chi connectivity index (χ1n) is 6.31. The highest BCUT2D eigenvalue weighted by Gasteiger charge is 2.14. The summed E-state index contributed by atoms with van der Waals surface area (Å²) in [5, 5.41) is 2.93. The van der Waals surface area contributed by atoms with Crippen LogP contribution in [0.4, 0.5) is 0 Å². The van der Waals surface area contributed by atoms with Crippen molar-refractivity contribution < 1.29 is 14.3 Å². The van der Waals surface area contributed by atoms with Crippen LogP contribution in [0.1, 0.15) is 31.4 Å². The fourth-order valence-electron chi connectivity index (χ4n) is 1.96. The second kappa shape index (κ2) is 7.63. The van der Waals surface area contributed by atoms with Crippen LogP contribution in [-0.2, 0) is 4.79 Å². The van der Waals surface area contributed by atoms with E-state index in [9.17, 15) is 4.79 Å². The van der Waals surface area contributed by atoms with Crippen molar-refractivity contribution in [1.82, 2.24) is 5.32 Å². The number of ether oxygens (including phenoxy) is 2. The number of nitrogens with two attached hydrogens (primary N) is 1. The number of benzene rings is 1. The van der Waals surface area contributed by atoms with Gasteiger partial charge in [-0.1, -0.05) is 6.07 Å². The molecule has 0 saturated heterocycles. The third kappa shape index (κ3) is 4.44. The molecule has 0 bridgehead atoms. The Hall–Kier alpha value is -1.75. The van der Waals surface area contributed by atoms with Crippen molar-refractivity contribution in [2.45, 2.75) is 25.8 Å². The van der Waals surface area contributed by atoms with Gasteiger partial charge >= 0.3 is 0 Å². The first kappa shape index (κ1) is 15.3. The van der Waals surface area contributed by atoms with Crippen molar-refractivity contribution in [3.63, 3.8) is 0 Å². The highest BCUT2D eigenvalue weighted by atomic mass is 16.5. The van der Waals surface area contributed by atoms with Crippen molar-refractivity contribution >= 4 is 5.91 Å². The molecule has 3 N–H and O–H groups in total. The van der Waals surface area contributed by atoms with E-state index in [1.165, 1.54) is 6.92 Å². The van der Waals surface area contributed by atoms with E-state index < -0.39 is 0 Å². The Morgan fingerprint density at radius 1 is 1.32 bits per heavy atom. The summed E-state index contributed by atoms with van der Waals surface area (Å²) in [6, 6.07) is 5.60. The molecule has 0 aromatic heterocycles. The lowest BCUT2D eigenvalue weighted by Crippen LogP contribution is -2.26. The third-order valence-electron chi connectivity index (χ3n) is 2.88. The van der Waals surface area contributed by atoms with E-state index in [1.54, 1.807) is 14.2 Å². The summed E-state index contributed by atoms with van der Waals surface area (Å²) in [6.07, 6.45) is 1.64. The summed E-state index contributed by atoms with van der Waals surface area (Å²) in [6.45, 7) is 2.11. The van der Waals surface area contributed by atoms with Crippen LogP contribution in [0.25, 0.3) is 0 Å². The molecule has 1 rings (SSSR count). The highest BCUT2D eigenvalue weighted by molar-refractivity contribution is 5.73. The summed E-state index contributed by atoms with van der Waals surface area (Å²) >= 11 is 0. The van der Waals surface area contributed by atoms with Crippen LogP contribution >= 0.6 is 0 Å². The SMILES string of the molecule is COc1ccc([C@@H](CCCN)NC(C)=O)cc1OC. The maximum atomic E-state index is 11.3. The molecule has 0 spiro atoms. The molecule has 0 aliphatic heterocycles. The number of hydrogen-bond donors (Lipinski definition) is 2. The second-order valence-electron chi connectivity index (χ2n) is 4.30. The molecule has 0 saturated carbocycles. The van der Waals surface area contributed by atoms with Gasteiger partial charge in [-0.25, -0.2) is 0 Å². The molecule has 1 amide bonds. The molecule has 0 aliphatic carbocycles. The van der Waals surface area contributed by atoms with Gasteiger partial charge in [-0.3, -0.25) is 4.79 Å². The van der Waals surface area contributed by atoms with Crippen LogP contribution < -0.4 is 20.5 Å². The Kier molecular flexibility index (Phi) is 6.15. The standard InChI is InChI=1S/C14H22N2O3/c1-10(17)16-12(5-4-8-15)11-6-7-13(18-2)14(9-11)19-3/h6-7,9,12H,4-5,8,15H2,1-3H3,(H,16,17)/t12-/m1/s1. The average molecular weight is 266 g/mol. The Balaban J connectivity index is 2.97. The van der Waals surface area contributed by atoms with Gasteiger partial charge in [0.1, 0.15) is 0 Å². The number of amides is 1. The summed E-state index contributed by atoms with van der Waals surface area (Å²) in [5.74, 6) is 1.27. The van der Waals surface area contributed by atoms with E-state index in [-0.39, 0.29) is 11.9 Å². The molecule has 5 nitrogen and oxygen atoms in total. The minimum absolute atomic E-state index is 0.0548. The minimum Gasteiger partial charge on any atom is -0.493 e. The number of hydrogen-bond acceptors (Lipinski definition) is 4. The molecule has 1 aromatic carbocycles. The average Bonchev–Trinajstić information content (AvgIpc) is 2.42. The zero-order chi connectivity index (χ0) is 14.3. The largest absolute Gasteiger partial charge is 0.493 e. The van der Waals surface area contributed by atoms with E-state index >= 15 is 0 Å². The first-order valence-corrected chi connectivity index (χ1v) is 6.31. The van der Waals surface area contributed by atoms with Crippen LogP contribution in [0.15, 0.2) is 18.2 Å². The Morgan fingerprint density at radius 2 is 2.00 bits per heavy atom. The molecule has 0 aliphatic rings. The van der Waals surface area contributed by atoms with Crippen LogP contribution in [0.3, 0.4) is 0 Å². The van der Waals surface area contributed by atoms with Gasteiger partial charge in [-0.2, -0.15) is 0 Å². The van der Waals surface area contributed by atoms with Crippen molar-refractivity contribution in [2.24, 2.45) is 5.73 Å². The van der Waals surface area contributed by atoms with E-state index in [4.69, 9.17) is 15.2 Å². The highest BCUT2D eigenvalue weighted by Crippen LogP contribution is 2.31. The number of carbonyl (C=O) groups excluding carboxylic acids is 1. The molecule has 1 aromatic rings. The van der Waals surface area contributed by atoms with Gasteiger partial charge < -0.3 is 20.5 Å². The zero-order valence-electron chi connectivity index (χ0n) is 11.7. The monoisotopic (exact) mass is 266 g/mol. The van der Waals surface area contributed by atoms with Gasteiger partial charge in [0.05, 0.1) is 20.3 Å². The Bertz CT molecular complexity index is 421. The van der Waals surface area contributed by atoms with Crippen molar-refractivity contribution in [3.05, 3.63) is 23.8 Å². The summed E-state index contributed by atoms with van der Waals surface area (Å²) in [5.41, 5.74) is 6.52. The second-order valence-corrected chi connectivity index (χ2v) is 4.30. The normalized spacial score (nSPS) is 11.8. The van der Waals surface area contributed by atoms with Crippen LogP contribution in [-0.4, -0.2) is 26.7 Å². The molecule has 0 radical (unpaired) electrons. The van der Waals surface area contributed by atoms with Gasteiger partial charge in [0, 0.05) is 6.92 Å². The molecular formula is C14H22N2O3. The lowest BCUT2D eigenvalue weighted by Gasteiger charge is -2.19. The lowest BCUT2D eigenvalue weighted by molar-refractivity contribution is -0.119. The Morgan fingerprint density at radius 3 is 2.53 bits per heavy atom. The molecule has 19 heavy (non-hydrogen) atoms. The van der Waals surface area contributed by atoms with E-state index in [1.807, 2.05) is 18.2 Å². The maximum Gasteiger partial charge on any atom is 0.217 e. The van der Waals surface area contributed by atoms with E-state index in [0.29, 0.717) is 18.0 Å². The fourth-order valence-corrected chi connectivity index (χ4v) is 1.96. The van der Waals surface area contributed by atoms with E-state index in [0.717, 1.165) is 18.4 Å². The predicted molar refractivity (Wildman–Crippen MR) is 74.4 cm³/mol. The van der Waals surface area contributed by atoms with Crippen LogP contribution in [0.2, 0.25) is 0 Å². The van der Waals surface area contributed by atoms with Gasteiger partial charge in [0.15, 0.2) is 11.5 Å². The van der Waals surface area contributed by atoms with Crippen molar-refractivity contribution in [1.29, 1.82) is 0 Å². The maximum absolute atomic E-state index is 11.3. The van der Waals surface area contributed by atoms with Crippen molar-refractivity contribution in [2.75, 3.05) is 20.8 Å². The molecular weight excluding hydrogens is 244 g/mol. The molecule has 0 unspecified atom stereocenters. The quantitative estimate of drug-likeness (QED) is 0.786. The van der Waals surface area contributed by atoms with Gasteiger partial charge in [-0.05, 0) is 37.1 Å².